The Morgan fingerprint density at radius 1 is 1.05 bits per heavy atom. The molecule has 1 saturated heterocycles. The van der Waals surface area contributed by atoms with Crippen LogP contribution in [0.15, 0.2) is 24.3 Å². The second kappa shape index (κ2) is 5.54. The maximum Gasteiger partial charge on any atom is 0.0369 e. The molecule has 19 heavy (non-hydrogen) atoms. The molecular formula is C17H26N2. The second-order valence-electron chi connectivity index (χ2n) is 6.33. The molecule has 3 atom stereocenters. The molecule has 2 aliphatic rings. The van der Waals surface area contributed by atoms with Crippen molar-refractivity contribution in [1.29, 1.82) is 0 Å². The van der Waals surface area contributed by atoms with Crippen molar-refractivity contribution in [3.05, 3.63) is 29.8 Å². The van der Waals surface area contributed by atoms with E-state index in [9.17, 15) is 0 Å². The number of piperidine rings is 1. The van der Waals surface area contributed by atoms with Gasteiger partial charge in [0.05, 0.1) is 0 Å². The third kappa shape index (κ3) is 2.64. The van der Waals surface area contributed by atoms with Crippen LogP contribution in [0.25, 0.3) is 0 Å². The van der Waals surface area contributed by atoms with E-state index in [1.807, 2.05) is 6.92 Å². The number of anilines is 1. The summed E-state index contributed by atoms with van der Waals surface area (Å²) in [6, 6.07) is 9.88. The zero-order valence-electron chi connectivity index (χ0n) is 12.0. The predicted molar refractivity (Wildman–Crippen MR) is 81.4 cm³/mol. The maximum absolute atomic E-state index is 5.93. The van der Waals surface area contributed by atoms with Gasteiger partial charge in [-0.25, -0.2) is 0 Å². The van der Waals surface area contributed by atoms with Gasteiger partial charge < -0.3 is 10.6 Å². The van der Waals surface area contributed by atoms with E-state index in [0.29, 0.717) is 0 Å². The van der Waals surface area contributed by atoms with Crippen molar-refractivity contribution < 1.29 is 0 Å². The highest BCUT2D eigenvalue weighted by atomic mass is 15.2. The molecule has 2 fully saturated rings. The Hall–Kier alpha value is -1.02. The minimum atomic E-state index is 0.137. The average molecular weight is 258 g/mol. The summed E-state index contributed by atoms with van der Waals surface area (Å²) >= 11 is 0. The molecule has 104 valence electrons. The Kier molecular flexibility index (Phi) is 3.79. The molecule has 2 heteroatoms. The number of hydrogen-bond acceptors (Lipinski definition) is 2. The van der Waals surface area contributed by atoms with E-state index in [-0.39, 0.29) is 6.04 Å². The van der Waals surface area contributed by atoms with E-state index in [0.717, 1.165) is 12.0 Å². The topological polar surface area (TPSA) is 29.3 Å². The van der Waals surface area contributed by atoms with Gasteiger partial charge in [-0.3, -0.25) is 0 Å². The summed E-state index contributed by atoms with van der Waals surface area (Å²) in [4.78, 5) is 2.66. The van der Waals surface area contributed by atoms with Gasteiger partial charge in [0.2, 0.25) is 0 Å². The molecule has 1 aliphatic heterocycles. The zero-order valence-corrected chi connectivity index (χ0v) is 12.0. The van der Waals surface area contributed by atoms with Gasteiger partial charge in [-0.1, -0.05) is 25.0 Å². The molecule has 1 aromatic carbocycles. The van der Waals surface area contributed by atoms with Gasteiger partial charge in [0.1, 0.15) is 0 Å². The smallest absolute Gasteiger partial charge is 0.0369 e. The number of nitrogens with zero attached hydrogens (tertiary/aromatic N) is 1. The van der Waals surface area contributed by atoms with Crippen molar-refractivity contribution in [3.8, 4) is 0 Å². The van der Waals surface area contributed by atoms with E-state index < -0.39 is 0 Å². The van der Waals surface area contributed by atoms with Gasteiger partial charge in [-0.05, 0) is 56.2 Å². The highest BCUT2D eigenvalue weighted by Crippen LogP contribution is 2.37. The minimum absolute atomic E-state index is 0.137. The molecule has 0 aromatic heterocycles. The summed E-state index contributed by atoms with van der Waals surface area (Å²) < 4.78 is 0. The van der Waals surface area contributed by atoms with Crippen LogP contribution in [-0.2, 0) is 0 Å². The molecule has 1 saturated carbocycles. The summed E-state index contributed by atoms with van der Waals surface area (Å²) in [5.74, 6) is 0.940. The third-order valence-electron chi connectivity index (χ3n) is 4.99. The molecule has 1 heterocycles. The van der Waals surface area contributed by atoms with Gasteiger partial charge >= 0.3 is 0 Å². The van der Waals surface area contributed by atoms with Crippen molar-refractivity contribution >= 4 is 5.69 Å². The van der Waals surface area contributed by atoms with Gasteiger partial charge in [0, 0.05) is 24.3 Å². The van der Waals surface area contributed by atoms with E-state index >= 15 is 0 Å². The monoisotopic (exact) mass is 258 g/mol. The second-order valence-corrected chi connectivity index (χ2v) is 6.33. The lowest BCUT2D eigenvalue weighted by atomic mass is 9.78. The highest BCUT2D eigenvalue weighted by Gasteiger charge is 2.33. The Balaban J connectivity index is 1.79. The Bertz CT molecular complexity index is 408. The van der Waals surface area contributed by atoms with Crippen molar-refractivity contribution in [2.24, 2.45) is 11.7 Å². The first-order valence-corrected chi connectivity index (χ1v) is 7.88. The van der Waals surface area contributed by atoms with Crippen LogP contribution in [0.3, 0.4) is 0 Å². The number of hydrogen-bond donors (Lipinski definition) is 1. The summed E-state index contributed by atoms with van der Waals surface area (Å²) in [5.41, 5.74) is 8.58. The minimum Gasteiger partial charge on any atom is -0.368 e. The van der Waals surface area contributed by atoms with E-state index in [4.69, 9.17) is 5.73 Å². The molecule has 1 aromatic rings. The summed E-state index contributed by atoms with van der Waals surface area (Å²) in [7, 11) is 0. The molecule has 3 rings (SSSR count). The SMILES string of the molecule is C[C@@H](N)c1ccc(N2CCCC3CCCCC32)cc1. The van der Waals surface area contributed by atoms with Crippen LogP contribution in [0.5, 0.6) is 0 Å². The number of nitrogens with two attached hydrogens (primary N) is 1. The highest BCUT2D eigenvalue weighted by molar-refractivity contribution is 5.49. The molecule has 1 aliphatic carbocycles. The molecule has 0 spiro atoms. The average Bonchev–Trinajstić information content (AvgIpc) is 2.47. The fourth-order valence-electron chi connectivity index (χ4n) is 3.91. The molecule has 2 N–H and O–H groups in total. The van der Waals surface area contributed by atoms with Crippen molar-refractivity contribution in [1.82, 2.24) is 0 Å². The fourth-order valence-corrected chi connectivity index (χ4v) is 3.91. The van der Waals surface area contributed by atoms with E-state index in [2.05, 4.69) is 29.2 Å². The summed E-state index contributed by atoms with van der Waals surface area (Å²) in [5, 5.41) is 0. The quantitative estimate of drug-likeness (QED) is 0.872. The molecule has 0 radical (unpaired) electrons. The van der Waals surface area contributed by atoms with Crippen molar-refractivity contribution in [2.45, 2.75) is 57.5 Å². The van der Waals surface area contributed by atoms with Crippen molar-refractivity contribution in [3.63, 3.8) is 0 Å². The summed E-state index contributed by atoms with van der Waals surface area (Å²) in [6.07, 6.45) is 8.49. The van der Waals surface area contributed by atoms with Crippen LogP contribution in [-0.4, -0.2) is 12.6 Å². The first-order chi connectivity index (χ1) is 9.25. The largest absolute Gasteiger partial charge is 0.368 e. The first kappa shape index (κ1) is 13.0. The summed E-state index contributed by atoms with van der Waals surface area (Å²) in [6.45, 7) is 3.28. The van der Waals surface area contributed by atoms with Crippen LogP contribution in [0.2, 0.25) is 0 Å². The lowest BCUT2D eigenvalue weighted by Crippen LogP contribution is -2.46. The van der Waals surface area contributed by atoms with Crippen LogP contribution in [0.4, 0.5) is 5.69 Å². The fraction of sp³-hybridized carbons (Fsp3) is 0.647. The Morgan fingerprint density at radius 2 is 1.74 bits per heavy atom. The van der Waals surface area contributed by atoms with Crippen molar-refractivity contribution in [2.75, 3.05) is 11.4 Å². The van der Waals surface area contributed by atoms with Crippen LogP contribution in [0, 0.1) is 5.92 Å². The van der Waals surface area contributed by atoms with Crippen LogP contribution in [0.1, 0.15) is 57.1 Å². The maximum atomic E-state index is 5.93. The van der Waals surface area contributed by atoms with Gasteiger partial charge in [-0.15, -0.1) is 0 Å². The molecule has 2 nitrogen and oxygen atoms in total. The number of rotatable bonds is 2. The molecule has 2 unspecified atom stereocenters. The lowest BCUT2D eigenvalue weighted by Gasteiger charge is -2.45. The van der Waals surface area contributed by atoms with Gasteiger partial charge in [-0.2, -0.15) is 0 Å². The third-order valence-corrected chi connectivity index (χ3v) is 4.99. The molecule has 0 bridgehead atoms. The van der Waals surface area contributed by atoms with Crippen LogP contribution < -0.4 is 10.6 Å². The standard InChI is InChI=1S/C17H26N2/c1-13(18)14-8-10-16(11-9-14)19-12-4-6-15-5-2-3-7-17(15)19/h8-11,13,15,17H,2-7,12,18H2,1H3/t13-,15?,17?/m1/s1. The molecular weight excluding hydrogens is 232 g/mol. The predicted octanol–water partition coefficient (Wildman–Crippen LogP) is 3.87. The number of fused-ring (bicyclic) bond motifs is 1. The van der Waals surface area contributed by atoms with Gasteiger partial charge in [0.15, 0.2) is 0 Å². The van der Waals surface area contributed by atoms with E-state index in [1.54, 1.807) is 0 Å². The normalized spacial score (nSPS) is 28.8. The Labute approximate surface area is 117 Å². The van der Waals surface area contributed by atoms with Crippen LogP contribution >= 0.6 is 0 Å². The lowest BCUT2D eigenvalue weighted by molar-refractivity contribution is 0.244. The Morgan fingerprint density at radius 3 is 2.47 bits per heavy atom. The zero-order chi connectivity index (χ0) is 13.2. The molecule has 0 amide bonds. The first-order valence-electron chi connectivity index (χ1n) is 7.88. The van der Waals surface area contributed by atoms with Gasteiger partial charge in [0.25, 0.3) is 0 Å². The van der Waals surface area contributed by atoms with E-state index in [1.165, 1.54) is 56.3 Å². The number of benzene rings is 1.